The molecule has 0 aromatic rings. The van der Waals surface area contributed by atoms with Crippen LogP contribution in [0, 0.1) is 5.41 Å². The number of ether oxygens (including phenoxy) is 1. The second kappa shape index (κ2) is 11.5. The van der Waals surface area contributed by atoms with Gasteiger partial charge < -0.3 is 20.7 Å². The van der Waals surface area contributed by atoms with Crippen LogP contribution in [0.5, 0.6) is 0 Å². The standard InChI is InChI=1S/C19H33N3O4/c1-4-16(23)21-13-8-14-22-18(25)26-15-9-6-7-11-19(3,12-10-15)17(24)20-5-2/h6,9,15H,4-5,7-8,10-14H2,1-3H3,(H,20,24)(H,21,23)(H,22,25)/b9-6+. The number of nitrogens with one attached hydrogen (secondary N) is 3. The van der Waals surface area contributed by atoms with Gasteiger partial charge in [-0.2, -0.15) is 0 Å². The van der Waals surface area contributed by atoms with E-state index in [1.807, 2.05) is 26.0 Å². The van der Waals surface area contributed by atoms with E-state index in [0.717, 1.165) is 12.8 Å². The van der Waals surface area contributed by atoms with E-state index < -0.39 is 11.5 Å². The highest BCUT2D eigenvalue weighted by atomic mass is 16.6. The molecule has 7 heteroatoms. The van der Waals surface area contributed by atoms with Crippen LogP contribution >= 0.6 is 0 Å². The lowest BCUT2D eigenvalue weighted by molar-refractivity contribution is -0.131. The molecule has 0 aromatic heterocycles. The third-order valence-electron chi connectivity index (χ3n) is 4.60. The average Bonchev–Trinajstić information content (AvgIpc) is 2.60. The molecule has 0 saturated carbocycles. The normalized spacial score (nSPS) is 23.9. The third kappa shape index (κ3) is 7.89. The van der Waals surface area contributed by atoms with Gasteiger partial charge in [0.2, 0.25) is 11.8 Å². The first-order valence-corrected chi connectivity index (χ1v) is 9.57. The quantitative estimate of drug-likeness (QED) is 0.453. The predicted octanol–water partition coefficient (Wildman–Crippen LogP) is 2.27. The Labute approximate surface area is 156 Å². The molecule has 26 heavy (non-hydrogen) atoms. The van der Waals surface area contributed by atoms with E-state index in [1.165, 1.54) is 0 Å². The lowest BCUT2D eigenvalue weighted by Crippen LogP contribution is -2.40. The molecule has 0 radical (unpaired) electrons. The largest absolute Gasteiger partial charge is 0.442 e. The second-order valence-electron chi connectivity index (χ2n) is 6.85. The summed E-state index contributed by atoms with van der Waals surface area (Å²) in [6, 6.07) is 0. The van der Waals surface area contributed by atoms with Crippen molar-refractivity contribution in [3.05, 3.63) is 12.2 Å². The van der Waals surface area contributed by atoms with Crippen molar-refractivity contribution >= 4 is 17.9 Å². The molecule has 0 aromatic carbocycles. The number of hydrogen-bond donors (Lipinski definition) is 3. The van der Waals surface area contributed by atoms with Gasteiger partial charge in [-0.3, -0.25) is 9.59 Å². The number of allylic oxidation sites excluding steroid dienone is 1. The number of carbonyl (C=O) groups excluding carboxylic acids is 3. The van der Waals surface area contributed by atoms with Gasteiger partial charge in [-0.1, -0.05) is 19.9 Å². The maximum Gasteiger partial charge on any atom is 0.407 e. The van der Waals surface area contributed by atoms with Gasteiger partial charge in [-0.15, -0.1) is 0 Å². The Bertz CT molecular complexity index is 507. The van der Waals surface area contributed by atoms with E-state index in [1.54, 1.807) is 6.92 Å². The van der Waals surface area contributed by atoms with Crippen molar-refractivity contribution in [3.63, 3.8) is 0 Å². The Balaban J connectivity index is 2.37. The topological polar surface area (TPSA) is 96.5 Å². The Morgan fingerprint density at radius 3 is 2.54 bits per heavy atom. The molecular weight excluding hydrogens is 334 g/mol. The van der Waals surface area contributed by atoms with Crippen molar-refractivity contribution < 1.29 is 19.1 Å². The zero-order valence-electron chi connectivity index (χ0n) is 16.2. The number of alkyl carbamates (subject to hydrolysis) is 1. The molecule has 2 atom stereocenters. The minimum atomic E-state index is -0.471. The summed E-state index contributed by atoms with van der Waals surface area (Å²) in [5, 5.41) is 8.35. The number of amides is 3. The van der Waals surface area contributed by atoms with Crippen molar-refractivity contribution in [2.24, 2.45) is 5.41 Å². The molecule has 0 aliphatic heterocycles. The predicted molar refractivity (Wildman–Crippen MR) is 101 cm³/mol. The van der Waals surface area contributed by atoms with E-state index >= 15 is 0 Å². The van der Waals surface area contributed by atoms with Gasteiger partial charge in [0.25, 0.3) is 0 Å². The molecule has 7 nitrogen and oxygen atoms in total. The van der Waals surface area contributed by atoms with Crippen LogP contribution in [0.1, 0.15) is 59.3 Å². The summed E-state index contributed by atoms with van der Waals surface area (Å²) in [6.07, 6.45) is 7.05. The second-order valence-corrected chi connectivity index (χ2v) is 6.85. The average molecular weight is 367 g/mol. The highest BCUT2D eigenvalue weighted by Gasteiger charge is 2.33. The molecular formula is C19H33N3O4. The van der Waals surface area contributed by atoms with Gasteiger partial charge in [-0.05, 0) is 45.1 Å². The van der Waals surface area contributed by atoms with Gasteiger partial charge >= 0.3 is 6.09 Å². The molecule has 0 bridgehead atoms. The fraction of sp³-hybridized carbons (Fsp3) is 0.737. The van der Waals surface area contributed by atoms with Crippen LogP contribution in [0.4, 0.5) is 4.79 Å². The van der Waals surface area contributed by atoms with Gasteiger partial charge in [0.15, 0.2) is 0 Å². The van der Waals surface area contributed by atoms with E-state index in [9.17, 15) is 14.4 Å². The first kappa shape index (κ1) is 22.0. The van der Waals surface area contributed by atoms with Crippen molar-refractivity contribution in [1.82, 2.24) is 16.0 Å². The zero-order valence-corrected chi connectivity index (χ0v) is 16.2. The molecule has 1 aliphatic carbocycles. The molecule has 0 saturated heterocycles. The lowest BCUT2D eigenvalue weighted by atomic mass is 9.78. The number of hydrogen-bond acceptors (Lipinski definition) is 4. The third-order valence-corrected chi connectivity index (χ3v) is 4.60. The SMILES string of the molecule is CCNC(=O)C1(C)CC/C=C/C(OC(=O)NCCCNC(=O)CC)CC1. The summed E-state index contributed by atoms with van der Waals surface area (Å²) in [4.78, 5) is 35.3. The van der Waals surface area contributed by atoms with Crippen molar-refractivity contribution in [2.75, 3.05) is 19.6 Å². The lowest BCUT2D eigenvalue weighted by Gasteiger charge is -2.30. The monoisotopic (exact) mass is 367 g/mol. The van der Waals surface area contributed by atoms with Crippen LogP contribution in [-0.2, 0) is 14.3 Å². The highest BCUT2D eigenvalue weighted by molar-refractivity contribution is 5.82. The Morgan fingerprint density at radius 1 is 1.12 bits per heavy atom. The molecule has 0 fully saturated rings. The fourth-order valence-electron chi connectivity index (χ4n) is 2.84. The number of rotatable bonds is 8. The van der Waals surface area contributed by atoms with Crippen molar-refractivity contribution in [2.45, 2.75) is 65.4 Å². The van der Waals surface area contributed by atoms with Gasteiger partial charge in [-0.25, -0.2) is 4.79 Å². The van der Waals surface area contributed by atoms with E-state index in [-0.39, 0.29) is 17.9 Å². The molecule has 1 aliphatic rings. The fourth-order valence-corrected chi connectivity index (χ4v) is 2.84. The molecule has 3 amide bonds. The Kier molecular flexibility index (Phi) is 9.76. The smallest absolute Gasteiger partial charge is 0.407 e. The van der Waals surface area contributed by atoms with Gasteiger partial charge in [0, 0.05) is 31.5 Å². The molecule has 2 unspecified atom stereocenters. The summed E-state index contributed by atoms with van der Waals surface area (Å²) >= 11 is 0. The van der Waals surface area contributed by atoms with Crippen LogP contribution in [0.3, 0.4) is 0 Å². The van der Waals surface area contributed by atoms with Gasteiger partial charge in [0.1, 0.15) is 6.10 Å². The summed E-state index contributed by atoms with van der Waals surface area (Å²) in [6.45, 7) is 7.26. The Hall–Kier alpha value is -2.05. The maximum atomic E-state index is 12.3. The van der Waals surface area contributed by atoms with Gasteiger partial charge in [0.05, 0.1) is 0 Å². The summed E-state index contributed by atoms with van der Waals surface area (Å²) < 4.78 is 5.45. The minimum absolute atomic E-state index is 0.00222. The van der Waals surface area contributed by atoms with Crippen LogP contribution in [-0.4, -0.2) is 43.6 Å². The molecule has 148 valence electrons. The zero-order chi connectivity index (χ0) is 19.4. The van der Waals surface area contributed by atoms with Crippen molar-refractivity contribution in [1.29, 1.82) is 0 Å². The molecule has 0 spiro atoms. The van der Waals surface area contributed by atoms with Crippen molar-refractivity contribution in [3.8, 4) is 0 Å². The molecule has 3 N–H and O–H groups in total. The summed E-state index contributed by atoms with van der Waals surface area (Å²) in [5.74, 6) is 0.0648. The first-order valence-electron chi connectivity index (χ1n) is 9.57. The summed E-state index contributed by atoms with van der Waals surface area (Å²) in [7, 11) is 0. The Morgan fingerprint density at radius 2 is 1.85 bits per heavy atom. The summed E-state index contributed by atoms with van der Waals surface area (Å²) in [5.41, 5.74) is -0.434. The number of carbonyl (C=O) groups is 3. The van der Waals surface area contributed by atoms with Crippen LogP contribution in [0.2, 0.25) is 0 Å². The first-order chi connectivity index (χ1) is 12.4. The van der Waals surface area contributed by atoms with Crippen LogP contribution < -0.4 is 16.0 Å². The molecule has 1 rings (SSSR count). The molecule has 0 heterocycles. The maximum absolute atomic E-state index is 12.3. The van der Waals surface area contributed by atoms with E-state index in [2.05, 4.69) is 16.0 Å². The van der Waals surface area contributed by atoms with E-state index in [0.29, 0.717) is 45.3 Å². The van der Waals surface area contributed by atoms with Crippen LogP contribution in [0.15, 0.2) is 12.2 Å². The van der Waals surface area contributed by atoms with E-state index in [4.69, 9.17) is 4.74 Å². The minimum Gasteiger partial charge on any atom is -0.442 e. The van der Waals surface area contributed by atoms with Crippen LogP contribution in [0.25, 0.3) is 0 Å². The highest BCUT2D eigenvalue weighted by Crippen LogP contribution is 2.32.